The third-order valence-electron chi connectivity index (χ3n) is 5.50. The molecule has 0 amide bonds. The number of ether oxygens (including phenoxy) is 2. The van der Waals surface area contributed by atoms with Crippen LogP contribution in [0.25, 0.3) is 22.2 Å². The second kappa shape index (κ2) is 9.11. The Morgan fingerprint density at radius 2 is 1.86 bits per heavy atom. The Hall–Kier alpha value is -4.19. The Morgan fingerprint density at radius 3 is 2.56 bits per heavy atom. The number of hydrogen-bond acceptors (Lipinski definition) is 6. The predicted octanol–water partition coefficient (Wildman–Crippen LogP) is 5.08. The topological polar surface area (TPSA) is 91.8 Å². The normalized spacial score (nSPS) is 17.6. The molecule has 12 heteroatoms. The van der Waals surface area contributed by atoms with Gasteiger partial charge in [0.1, 0.15) is 18.0 Å². The van der Waals surface area contributed by atoms with Crippen LogP contribution >= 0.6 is 0 Å². The van der Waals surface area contributed by atoms with Crippen LogP contribution in [0, 0.1) is 23.3 Å². The summed E-state index contributed by atoms with van der Waals surface area (Å²) in [4.78, 5) is 10.7. The zero-order valence-corrected chi connectivity index (χ0v) is 18.3. The van der Waals surface area contributed by atoms with Gasteiger partial charge in [0.05, 0.1) is 18.5 Å². The SMILES string of the molecule is OCC1(F)CN=C(Nc2cc(F)c(Oc3ccnc4[nH]cc(-c5cccc(F)c5F)c34)c(F)c2)OC1. The van der Waals surface area contributed by atoms with E-state index in [0.29, 0.717) is 0 Å². The molecule has 2 aromatic heterocycles. The first-order valence-electron chi connectivity index (χ1n) is 10.6. The smallest absolute Gasteiger partial charge is 0.289 e. The number of aliphatic hydroxyl groups excluding tert-OH is 1. The van der Waals surface area contributed by atoms with E-state index in [-0.39, 0.29) is 46.2 Å². The van der Waals surface area contributed by atoms with Crippen LogP contribution < -0.4 is 10.1 Å². The fourth-order valence-corrected chi connectivity index (χ4v) is 3.67. The molecule has 7 nitrogen and oxygen atoms in total. The maximum atomic E-state index is 14.9. The van der Waals surface area contributed by atoms with Crippen molar-refractivity contribution in [2.24, 2.45) is 4.99 Å². The average molecular weight is 504 g/mol. The molecule has 186 valence electrons. The van der Waals surface area contributed by atoms with Crippen LogP contribution in [-0.2, 0) is 4.74 Å². The molecular formula is C24H17F5N4O3. The van der Waals surface area contributed by atoms with E-state index in [0.717, 1.165) is 18.2 Å². The summed E-state index contributed by atoms with van der Waals surface area (Å²) in [5.74, 6) is -5.16. The Balaban J connectivity index is 1.46. The van der Waals surface area contributed by atoms with Crippen molar-refractivity contribution in [3.63, 3.8) is 0 Å². The number of benzene rings is 2. The zero-order chi connectivity index (χ0) is 25.4. The maximum Gasteiger partial charge on any atom is 0.289 e. The van der Waals surface area contributed by atoms with Crippen LogP contribution in [0.1, 0.15) is 0 Å². The highest BCUT2D eigenvalue weighted by Gasteiger charge is 2.34. The molecule has 2 aromatic carbocycles. The van der Waals surface area contributed by atoms with Gasteiger partial charge in [-0.2, -0.15) is 0 Å². The molecule has 0 fully saturated rings. The van der Waals surface area contributed by atoms with Gasteiger partial charge in [0.15, 0.2) is 34.7 Å². The summed E-state index contributed by atoms with van der Waals surface area (Å²) >= 11 is 0. The lowest BCUT2D eigenvalue weighted by Crippen LogP contribution is -2.43. The van der Waals surface area contributed by atoms with Crippen LogP contribution in [0.5, 0.6) is 11.5 Å². The summed E-state index contributed by atoms with van der Waals surface area (Å²) in [6.45, 7) is -1.65. The molecule has 0 spiro atoms. The molecule has 3 heterocycles. The molecule has 0 bridgehead atoms. The number of aliphatic hydroxyl groups is 1. The Kier molecular flexibility index (Phi) is 5.96. The molecule has 4 aromatic rings. The fourth-order valence-electron chi connectivity index (χ4n) is 3.67. The highest BCUT2D eigenvalue weighted by Crippen LogP contribution is 2.39. The minimum atomic E-state index is -2.03. The van der Waals surface area contributed by atoms with Crippen molar-refractivity contribution in [1.29, 1.82) is 0 Å². The van der Waals surface area contributed by atoms with Gasteiger partial charge in [0.2, 0.25) is 0 Å². The van der Waals surface area contributed by atoms with Gasteiger partial charge in [-0.1, -0.05) is 12.1 Å². The van der Waals surface area contributed by atoms with E-state index < -0.39 is 47.9 Å². The number of aromatic nitrogens is 2. The summed E-state index contributed by atoms with van der Waals surface area (Å²) in [6.07, 6.45) is 2.71. The third-order valence-corrected chi connectivity index (χ3v) is 5.50. The first kappa shape index (κ1) is 23.5. The average Bonchev–Trinajstić information content (AvgIpc) is 3.29. The van der Waals surface area contributed by atoms with Crippen LogP contribution in [0.3, 0.4) is 0 Å². The zero-order valence-electron chi connectivity index (χ0n) is 18.3. The number of anilines is 1. The van der Waals surface area contributed by atoms with E-state index in [1.165, 1.54) is 30.6 Å². The van der Waals surface area contributed by atoms with Gasteiger partial charge in [-0.05, 0) is 12.1 Å². The van der Waals surface area contributed by atoms with Crippen molar-refractivity contribution in [2.45, 2.75) is 5.67 Å². The summed E-state index contributed by atoms with van der Waals surface area (Å²) in [5.41, 5.74) is -1.80. The number of nitrogens with one attached hydrogen (secondary N) is 2. The molecule has 0 saturated heterocycles. The van der Waals surface area contributed by atoms with E-state index in [1.807, 2.05) is 0 Å². The van der Waals surface area contributed by atoms with Gasteiger partial charge in [-0.25, -0.2) is 31.9 Å². The van der Waals surface area contributed by atoms with Crippen LogP contribution in [0.2, 0.25) is 0 Å². The predicted molar refractivity (Wildman–Crippen MR) is 121 cm³/mol. The fraction of sp³-hybridized carbons (Fsp3) is 0.167. The van der Waals surface area contributed by atoms with Gasteiger partial charge < -0.3 is 24.9 Å². The number of aliphatic imine (C=N–C) groups is 1. The Labute approximate surface area is 200 Å². The van der Waals surface area contributed by atoms with Crippen molar-refractivity contribution in [3.05, 3.63) is 72.1 Å². The van der Waals surface area contributed by atoms with E-state index in [2.05, 4.69) is 20.3 Å². The molecule has 1 atom stereocenters. The molecule has 1 aliphatic heterocycles. The largest absolute Gasteiger partial charge is 0.461 e. The number of amidine groups is 1. The summed E-state index contributed by atoms with van der Waals surface area (Å²) < 4.78 is 82.6. The summed E-state index contributed by atoms with van der Waals surface area (Å²) in [7, 11) is 0. The Morgan fingerprint density at radius 1 is 1.08 bits per heavy atom. The quantitative estimate of drug-likeness (QED) is 0.330. The first-order valence-corrected chi connectivity index (χ1v) is 10.6. The van der Waals surface area contributed by atoms with Crippen LogP contribution in [0.4, 0.5) is 27.6 Å². The summed E-state index contributed by atoms with van der Waals surface area (Å²) in [6, 6.07) is 6.63. The van der Waals surface area contributed by atoms with E-state index in [1.54, 1.807) is 0 Å². The number of rotatable bonds is 5. The first-order chi connectivity index (χ1) is 17.3. The number of fused-ring (bicyclic) bond motifs is 1. The highest BCUT2D eigenvalue weighted by atomic mass is 19.2. The molecule has 0 radical (unpaired) electrons. The van der Waals surface area contributed by atoms with Crippen molar-refractivity contribution >= 4 is 22.7 Å². The molecule has 36 heavy (non-hydrogen) atoms. The second-order valence-corrected chi connectivity index (χ2v) is 8.05. The number of aromatic amines is 1. The van der Waals surface area contributed by atoms with Gasteiger partial charge in [0.25, 0.3) is 6.02 Å². The Bertz CT molecular complexity index is 1470. The molecule has 3 N–H and O–H groups in total. The van der Waals surface area contributed by atoms with E-state index >= 15 is 0 Å². The van der Waals surface area contributed by atoms with E-state index in [9.17, 15) is 22.0 Å². The lowest BCUT2D eigenvalue weighted by Gasteiger charge is -2.26. The van der Waals surface area contributed by atoms with Crippen LogP contribution in [0.15, 0.2) is 53.8 Å². The highest BCUT2D eigenvalue weighted by molar-refractivity contribution is 5.98. The van der Waals surface area contributed by atoms with Crippen molar-refractivity contribution in [2.75, 3.05) is 25.1 Å². The molecule has 0 saturated carbocycles. The van der Waals surface area contributed by atoms with Crippen molar-refractivity contribution in [3.8, 4) is 22.6 Å². The number of pyridine rings is 1. The summed E-state index contributed by atoms with van der Waals surface area (Å²) in [5, 5.41) is 11.7. The molecule has 0 aliphatic carbocycles. The monoisotopic (exact) mass is 504 g/mol. The number of hydrogen-bond donors (Lipinski definition) is 3. The number of nitrogens with zero attached hydrogens (tertiary/aromatic N) is 2. The lowest BCUT2D eigenvalue weighted by atomic mass is 10.0. The number of alkyl halides is 1. The molecule has 1 unspecified atom stereocenters. The minimum absolute atomic E-state index is 0.0540. The van der Waals surface area contributed by atoms with Crippen molar-refractivity contribution in [1.82, 2.24) is 9.97 Å². The molecule has 5 rings (SSSR count). The minimum Gasteiger partial charge on any atom is -0.461 e. The lowest BCUT2D eigenvalue weighted by molar-refractivity contribution is 0.0181. The second-order valence-electron chi connectivity index (χ2n) is 8.05. The standard InChI is InChI=1S/C24H17F5N4O3/c25-15-3-1-2-13(20(15)28)14-8-31-22-19(14)18(4-5-30-22)36-21-16(26)6-12(7-17(21)27)33-23-32-9-24(29,10-34)11-35-23/h1-8,34H,9-11H2,(H,30,31)(H,32,33). The van der Waals surface area contributed by atoms with Crippen molar-refractivity contribution < 1.29 is 36.5 Å². The molecule has 1 aliphatic rings. The van der Waals surface area contributed by atoms with E-state index in [4.69, 9.17) is 14.6 Å². The van der Waals surface area contributed by atoms with Gasteiger partial charge in [0, 0.05) is 41.3 Å². The molecular weight excluding hydrogens is 487 g/mol. The number of H-pyrrole nitrogens is 1. The van der Waals surface area contributed by atoms with Crippen LogP contribution in [-0.4, -0.2) is 46.5 Å². The third kappa shape index (κ3) is 4.31. The van der Waals surface area contributed by atoms with Gasteiger partial charge >= 0.3 is 0 Å². The van der Waals surface area contributed by atoms with Gasteiger partial charge in [-0.15, -0.1) is 0 Å². The number of halogens is 5. The maximum absolute atomic E-state index is 14.9. The van der Waals surface area contributed by atoms with Gasteiger partial charge in [-0.3, -0.25) is 0 Å².